The van der Waals surface area contributed by atoms with E-state index in [1.165, 1.54) is 0 Å². The second kappa shape index (κ2) is 8.87. The van der Waals surface area contributed by atoms with E-state index in [4.69, 9.17) is 15.2 Å². The number of hydrogen-bond donors (Lipinski definition) is 2. The summed E-state index contributed by atoms with van der Waals surface area (Å²) in [7, 11) is -1.25. The standard InChI is InChI=1S/C17H24N2O4S.ClH/c18-12-17(6-1-2-7-17)19-16(20)5-10-24(21)13-3-4-14-15(11-13)23-9-8-22-14;/h3-4,11H,1-2,5-10,12,18H2,(H,19,20);1H. The third-order valence-electron chi connectivity index (χ3n) is 4.65. The van der Waals surface area contributed by atoms with E-state index in [-0.39, 0.29) is 36.0 Å². The molecule has 1 amide bonds. The zero-order chi connectivity index (χ0) is 17.0. The van der Waals surface area contributed by atoms with Crippen LogP contribution in [0, 0.1) is 0 Å². The number of benzene rings is 1. The van der Waals surface area contributed by atoms with E-state index in [2.05, 4.69) is 5.32 Å². The van der Waals surface area contributed by atoms with Gasteiger partial charge in [-0.25, -0.2) is 0 Å². The van der Waals surface area contributed by atoms with Gasteiger partial charge in [-0.1, -0.05) is 12.8 Å². The Labute approximate surface area is 156 Å². The van der Waals surface area contributed by atoms with Gasteiger partial charge in [0.25, 0.3) is 0 Å². The van der Waals surface area contributed by atoms with Crippen molar-refractivity contribution in [3.05, 3.63) is 18.2 Å². The van der Waals surface area contributed by atoms with Crippen molar-refractivity contribution in [2.24, 2.45) is 5.73 Å². The summed E-state index contributed by atoms with van der Waals surface area (Å²) in [4.78, 5) is 12.8. The van der Waals surface area contributed by atoms with Crippen molar-refractivity contribution >= 4 is 29.1 Å². The second-order valence-electron chi connectivity index (χ2n) is 6.34. The van der Waals surface area contributed by atoms with Gasteiger partial charge < -0.3 is 20.5 Å². The number of nitrogens with two attached hydrogens (primary N) is 1. The molecule has 1 saturated carbocycles. The van der Waals surface area contributed by atoms with Crippen LogP contribution < -0.4 is 20.5 Å². The van der Waals surface area contributed by atoms with Gasteiger partial charge >= 0.3 is 0 Å². The van der Waals surface area contributed by atoms with Gasteiger partial charge in [-0.05, 0) is 25.0 Å². The highest BCUT2D eigenvalue weighted by Crippen LogP contribution is 2.32. The van der Waals surface area contributed by atoms with E-state index < -0.39 is 10.8 Å². The van der Waals surface area contributed by atoms with Crippen molar-refractivity contribution in [1.82, 2.24) is 5.32 Å². The van der Waals surface area contributed by atoms with E-state index in [9.17, 15) is 9.00 Å². The van der Waals surface area contributed by atoms with Crippen LogP contribution >= 0.6 is 12.4 Å². The average Bonchev–Trinajstić information content (AvgIpc) is 3.08. The summed E-state index contributed by atoms with van der Waals surface area (Å²) in [6, 6.07) is 5.27. The molecule has 1 unspecified atom stereocenters. The Morgan fingerprint density at radius 2 is 1.88 bits per heavy atom. The quantitative estimate of drug-likeness (QED) is 0.775. The van der Waals surface area contributed by atoms with Crippen molar-refractivity contribution < 1.29 is 18.5 Å². The van der Waals surface area contributed by atoms with Crippen LogP contribution in [0.2, 0.25) is 0 Å². The SMILES string of the molecule is Cl.NCC1(NC(=O)CCS(=O)c2ccc3c(c2)OCCO3)CCCC1. The van der Waals surface area contributed by atoms with Gasteiger partial charge in [0.05, 0.1) is 16.3 Å². The van der Waals surface area contributed by atoms with Crippen molar-refractivity contribution in [3.63, 3.8) is 0 Å². The molecule has 1 aromatic carbocycles. The molecule has 1 heterocycles. The second-order valence-corrected chi connectivity index (χ2v) is 7.92. The monoisotopic (exact) mass is 388 g/mol. The minimum Gasteiger partial charge on any atom is -0.486 e. The van der Waals surface area contributed by atoms with Crippen LogP contribution in [-0.4, -0.2) is 41.2 Å². The van der Waals surface area contributed by atoms with E-state index in [0.29, 0.717) is 36.2 Å². The van der Waals surface area contributed by atoms with E-state index in [1.807, 2.05) is 0 Å². The lowest BCUT2D eigenvalue weighted by Gasteiger charge is -2.28. The van der Waals surface area contributed by atoms with Crippen molar-refractivity contribution in [3.8, 4) is 11.5 Å². The van der Waals surface area contributed by atoms with Crippen LogP contribution in [0.3, 0.4) is 0 Å². The lowest BCUT2D eigenvalue weighted by Crippen LogP contribution is -2.51. The molecule has 140 valence electrons. The van der Waals surface area contributed by atoms with Gasteiger partial charge in [0.15, 0.2) is 11.5 Å². The highest BCUT2D eigenvalue weighted by atomic mass is 35.5. The third-order valence-corrected chi connectivity index (χ3v) is 6.00. The summed E-state index contributed by atoms with van der Waals surface area (Å²) in [5.74, 6) is 1.50. The Kier molecular flexibility index (Phi) is 7.10. The number of hydrogen-bond acceptors (Lipinski definition) is 5. The highest BCUT2D eigenvalue weighted by molar-refractivity contribution is 7.85. The van der Waals surface area contributed by atoms with Crippen LogP contribution in [0.25, 0.3) is 0 Å². The maximum Gasteiger partial charge on any atom is 0.221 e. The van der Waals surface area contributed by atoms with Crippen LogP contribution in [0.5, 0.6) is 11.5 Å². The maximum absolute atomic E-state index is 12.4. The fourth-order valence-electron chi connectivity index (χ4n) is 3.26. The summed E-state index contributed by atoms with van der Waals surface area (Å²) in [6.07, 6.45) is 4.28. The van der Waals surface area contributed by atoms with Crippen molar-refractivity contribution in [1.29, 1.82) is 0 Å². The van der Waals surface area contributed by atoms with Gasteiger partial charge in [-0.15, -0.1) is 12.4 Å². The normalized spacial score (nSPS) is 18.9. The first-order valence-corrected chi connectivity index (χ1v) is 9.73. The Balaban J connectivity index is 0.00000225. The molecule has 25 heavy (non-hydrogen) atoms. The number of ether oxygens (including phenoxy) is 2. The molecule has 0 bridgehead atoms. The predicted octanol–water partition coefficient (Wildman–Crippen LogP) is 1.76. The van der Waals surface area contributed by atoms with Crippen LogP contribution in [-0.2, 0) is 15.6 Å². The molecular weight excluding hydrogens is 364 g/mol. The zero-order valence-electron chi connectivity index (χ0n) is 14.1. The molecule has 0 radical (unpaired) electrons. The molecule has 1 fully saturated rings. The lowest BCUT2D eigenvalue weighted by atomic mass is 9.98. The van der Waals surface area contributed by atoms with Crippen LogP contribution in [0.4, 0.5) is 0 Å². The average molecular weight is 389 g/mol. The first kappa shape index (κ1) is 20.0. The third kappa shape index (κ3) is 4.86. The van der Waals surface area contributed by atoms with Gasteiger partial charge in [0.1, 0.15) is 13.2 Å². The minimum atomic E-state index is -1.25. The zero-order valence-corrected chi connectivity index (χ0v) is 15.8. The number of carbonyl (C=O) groups is 1. The Morgan fingerprint density at radius 3 is 2.56 bits per heavy atom. The number of halogens is 1. The molecule has 8 heteroatoms. The molecule has 6 nitrogen and oxygen atoms in total. The topological polar surface area (TPSA) is 90.7 Å². The van der Waals surface area contributed by atoms with E-state index in [1.54, 1.807) is 18.2 Å². The Morgan fingerprint density at radius 1 is 1.20 bits per heavy atom. The molecule has 3 N–H and O–H groups in total. The van der Waals surface area contributed by atoms with Crippen molar-refractivity contribution in [2.45, 2.75) is 42.5 Å². The van der Waals surface area contributed by atoms with Crippen LogP contribution in [0.1, 0.15) is 32.1 Å². The number of amides is 1. The lowest BCUT2D eigenvalue weighted by molar-refractivity contribution is -0.122. The van der Waals surface area contributed by atoms with E-state index >= 15 is 0 Å². The number of carbonyl (C=O) groups excluding carboxylic acids is 1. The summed E-state index contributed by atoms with van der Waals surface area (Å²) in [6.45, 7) is 1.48. The predicted molar refractivity (Wildman–Crippen MR) is 99.0 cm³/mol. The first-order valence-electron chi connectivity index (χ1n) is 8.41. The molecule has 0 aromatic heterocycles. The summed E-state index contributed by atoms with van der Waals surface area (Å²) >= 11 is 0. The fraction of sp³-hybridized carbons (Fsp3) is 0.588. The Bertz CT molecular complexity index is 635. The number of rotatable bonds is 6. The summed E-state index contributed by atoms with van der Waals surface area (Å²) in [5, 5.41) is 3.06. The summed E-state index contributed by atoms with van der Waals surface area (Å²) < 4.78 is 23.4. The molecule has 1 atom stereocenters. The van der Waals surface area contributed by atoms with Gasteiger partial charge in [-0.2, -0.15) is 0 Å². The molecule has 2 aliphatic rings. The first-order chi connectivity index (χ1) is 11.6. The molecule has 1 aliphatic heterocycles. The largest absolute Gasteiger partial charge is 0.486 e. The van der Waals surface area contributed by atoms with Crippen molar-refractivity contribution in [2.75, 3.05) is 25.5 Å². The van der Waals surface area contributed by atoms with Crippen LogP contribution in [0.15, 0.2) is 23.1 Å². The molecule has 1 aromatic rings. The summed E-state index contributed by atoms with van der Waals surface area (Å²) in [5.41, 5.74) is 5.57. The molecule has 3 rings (SSSR count). The van der Waals surface area contributed by atoms with Gasteiger partial charge in [0, 0.05) is 29.7 Å². The molecular formula is C17H25ClN2O4S. The smallest absolute Gasteiger partial charge is 0.221 e. The fourth-order valence-corrected chi connectivity index (χ4v) is 4.32. The number of nitrogens with one attached hydrogen (secondary N) is 1. The molecule has 0 spiro atoms. The Hall–Kier alpha value is -1.31. The minimum absolute atomic E-state index is 0. The van der Waals surface area contributed by atoms with E-state index in [0.717, 1.165) is 25.7 Å². The molecule has 0 saturated heterocycles. The van der Waals surface area contributed by atoms with Gasteiger partial charge in [0.2, 0.25) is 5.91 Å². The maximum atomic E-state index is 12.4. The highest BCUT2D eigenvalue weighted by Gasteiger charge is 2.33. The number of fused-ring (bicyclic) bond motifs is 1. The van der Waals surface area contributed by atoms with Gasteiger partial charge in [-0.3, -0.25) is 9.00 Å². The molecule has 1 aliphatic carbocycles.